The van der Waals surface area contributed by atoms with Crippen LogP contribution in [0.4, 0.5) is 0 Å². The fraction of sp³-hybridized carbons (Fsp3) is 0.700. The van der Waals surface area contributed by atoms with E-state index in [0.29, 0.717) is 0 Å². The molecule has 84 valence electrons. The minimum Gasteiger partial charge on any atom is -0.391 e. The second kappa shape index (κ2) is 3.27. The molecule has 2 N–H and O–H groups in total. The molecule has 0 atom stereocenters. The molecule has 1 saturated heterocycles. The van der Waals surface area contributed by atoms with Gasteiger partial charge in [0.1, 0.15) is 0 Å². The Labute approximate surface area is 94.8 Å². The molecule has 1 aliphatic rings. The van der Waals surface area contributed by atoms with Gasteiger partial charge in [-0.3, -0.25) is 14.5 Å². The monoisotopic (exact) mass is 228 g/mol. The Kier molecular flexibility index (Phi) is 2.63. The van der Waals surface area contributed by atoms with Crippen LogP contribution in [0.5, 0.6) is 0 Å². The third-order valence-electron chi connectivity index (χ3n) is 2.79. The highest BCUT2D eigenvalue weighted by atomic mass is 32.1. The van der Waals surface area contributed by atoms with Gasteiger partial charge < -0.3 is 5.73 Å². The Balaban J connectivity index is 3.13. The summed E-state index contributed by atoms with van der Waals surface area (Å²) in [5.41, 5.74) is 4.03. The largest absolute Gasteiger partial charge is 0.391 e. The summed E-state index contributed by atoms with van der Waals surface area (Å²) in [7, 11) is 0. The fourth-order valence-corrected chi connectivity index (χ4v) is 1.72. The number of nitrogens with two attached hydrogens (primary N) is 1. The number of nitrogens with zero attached hydrogens (tertiary/aromatic N) is 1. The van der Waals surface area contributed by atoms with E-state index in [1.165, 1.54) is 4.90 Å². The lowest BCUT2D eigenvalue weighted by molar-refractivity contribution is -0.144. The normalized spacial score (nSPS) is 20.9. The standard InChI is InChI=1S/C10H16N2O2S/c1-9(2)5-6(13)12(8(9)14)10(3,4)7(11)15/h5H2,1-4H3,(H2,11,15). The summed E-state index contributed by atoms with van der Waals surface area (Å²) >= 11 is 4.88. The lowest BCUT2D eigenvalue weighted by Crippen LogP contribution is -2.55. The number of imide groups is 1. The van der Waals surface area contributed by atoms with E-state index in [4.69, 9.17) is 18.0 Å². The molecule has 0 bridgehead atoms. The van der Waals surface area contributed by atoms with E-state index < -0.39 is 11.0 Å². The van der Waals surface area contributed by atoms with Crippen LogP contribution in [0.2, 0.25) is 0 Å². The molecule has 1 aliphatic heterocycles. The number of carbonyl (C=O) groups is 2. The summed E-state index contributed by atoms with van der Waals surface area (Å²) in [5.74, 6) is -0.409. The van der Waals surface area contributed by atoms with Crippen molar-refractivity contribution in [2.45, 2.75) is 39.7 Å². The highest BCUT2D eigenvalue weighted by Crippen LogP contribution is 2.36. The fourth-order valence-electron chi connectivity index (χ4n) is 1.62. The van der Waals surface area contributed by atoms with Crippen LogP contribution < -0.4 is 5.73 Å². The zero-order chi connectivity index (χ0) is 12.0. The molecule has 2 amide bonds. The quantitative estimate of drug-likeness (QED) is 0.562. The van der Waals surface area contributed by atoms with Gasteiger partial charge in [-0.25, -0.2) is 0 Å². The Morgan fingerprint density at radius 3 is 2.20 bits per heavy atom. The summed E-state index contributed by atoms with van der Waals surface area (Å²) in [4.78, 5) is 25.1. The molecule has 0 spiro atoms. The minimum atomic E-state index is -0.878. The highest BCUT2D eigenvalue weighted by Gasteiger charge is 2.51. The number of hydrogen-bond acceptors (Lipinski definition) is 3. The van der Waals surface area contributed by atoms with Crippen molar-refractivity contribution in [1.82, 2.24) is 4.90 Å². The molecule has 15 heavy (non-hydrogen) atoms. The predicted molar refractivity (Wildman–Crippen MR) is 61.1 cm³/mol. The first kappa shape index (κ1) is 12.1. The van der Waals surface area contributed by atoms with Crippen molar-refractivity contribution in [3.63, 3.8) is 0 Å². The van der Waals surface area contributed by atoms with Gasteiger partial charge in [0.05, 0.1) is 15.9 Å². The van der Waals surface area contributed by atoms with E-state index in [1.807, 2.05) is 0 Å². The van der Waals surface area contributed by atoms with E-state index in [0.717, 1.165) is 0 Å². The minimum absolute atomic E-state index is 0.155. The van der Waals surface area contributed by atoms with Gasteiger partial charge in [0.2, 0.25) is 11.8 Å². The van der Waals surface area contributed by atoms with E-state index in [-0.39, 0.29) is 23.2 Å². The van der Waals surface area contributed by atoms with E-state index in [2.05, 4.69) is 0 Å². The number of rotatable bonds is 2. The smallest absolute Gasteiger partial charge is 0.236 e. The molecule has 1 heterocycles. The van der Waals surface area contributed by atoms with Crippen LogP contribution >= 0.6 is 12.2 Å². The molecular formula is C10H16N2O2S. The zero-order valence-electron chi connectivity index (χ0n) is 9.46. The van der Waals surface area contributed by atoms with Gasteiger partial charge in [0.15, 0.2) is 0 Å². The maximum Gasteiger partial charge on any atom is 0.236 e. The molecule has 5 heteroatoms. The van der Waals surface area contributed by atoms with E-state index in [1.54, 1.807) is 27.7 Å². The highest BCUT2D eigenvalue weighted by molar-refractivity contribution is 7.80. The summed E-state index contributed by atoms with van der Waals surface area (Å²) in [6.45, 7) is 6.88. The van der Waals surface area contributed by atoms with Crippen molar-refractivity contribution in [3.8, 4) is 0 Å². The van der Waals surface area contributed by atoms with Crippen molar-refractivity contribution in [2.24, 2.45) is 11.1 Å². The van der Waals surface area contributed by atoms with Crippen molar-refractivity contribution >= 4 is 29.0 Å². The summed E-state index contributed by atoms with van der Waals surface area (Å²) in [5, 5.41) is 0. The van der Waals surface area contributed by atoms with E-state index >= 15 is 0 Å². The Morgan fingerprint density at radius 2 is 1.93 bits per heavy atom. The second-order valence-electron chi connectivity index (χ2n) is 5.02. The predicted octanol–water partition coefficient (Wildman–Crippen LogP) is 0.836. The molecule has 0 unspecified atom stereocenters. The molecular weight excluding hydrogens is 212 g/mol. The molecule has 1 fully saturated rings. The number of likely N-dealkylation sites (tertiary alicyclic amines) is 1. The summed E-state index contributed by atoms with van der Waals surface area (Å²) in [6.07, 6.45) is 0.220. The lowest BCUT2D eigenvalue weighted by atomic mass is 9.91. The first-order chi connectivity index (χ1) is 6.60. The topological polar surface area (TPSA) is 63.4 Å². The molecule has 1 rings (SSSR count). The van der Waals surface area contributed by atoms with Crippen LogP contribution in [0.1, 0.15) is 34.1 Å². The van der Waals surface area contributed by atoms with Gasteiger partial charge >= 0.3 is 0 Å². The molecule has 0 aromatic carbocycles. The van der Waals surface area contributed by atoms with Gasteiger partial charge in [-0.05, 0) is 13.8 Å². The maximum absolute atomic E-state index is 12.0. The third-order valence-corrected chi connectivity index (χ3v) is 3.29. The first-order valence-electron chi connectivity index (χ1n) is 4.78. The van der Waals surface area contributed by atoms with Crippen molar-refractivity contribution in [3.05, 3.63) is 0 Å². The van der Waals surface area contributed by atoms with Gasteiger partial charge in [0.25, 0.3) is 0 Å². The Morgan fingerprint density at radius 1 is 1.47 bits per heavy atom. The average Bonchev–Trinajstić information content (AvgIpc) is 2.20. The molecule has 0 aliphatic carbocycles. The maximum atomic E-state index is 12.0. The van der Waals surface area contributed by atoms with Crippen molar-refractivity contribution in [2.75, 3.05) is 0 Å². The van der Waals surface area contributed by atoms with Crippen LogP contribution in [-0.4, -0.2) is 27.2 Å². The van der Waals surface area contributed by atoms with Crippen LogP contribution in [0.15, 0.2) is 0 Å². The molecule has 0 aromatic rings. The lowest BCUT2D eigenvalue weighted by Gasteiger charge is -2.33. The van der Waals surface area contributed by atoms with Crippen LogP contribution in [0.3, 0.4) is 0 Å². The van der Waals surface area contributed by atoms with Crippen molar-refractivity contribution < 1.29 is 9.59 Å². The van der Waals surface area contributed by atoms with Gasteiger partial charge in [-0.1, -0.05) is 26.1 Å². The van der Waals surface area contributed by atoms with Crippen LogP contribution in [-0.2, 0) is 9.59 Å². The van der Waals surface area contributed by atoms with Crippen LogP contribution in [0, 0.1) is 5.41 Å². The number of amides is 2. The van der Waals surface area contributed by atoms with Crippen LogP contribution in [0.25, 0.3) is 0 Å². The molecule has 4 nitrogen and oxygen atoms in total. The third kappa shape index (κ3) is 1.76. The zero-order valence-corrected chi connectivity index (χ0v) is 10.3. The Hall–Kier alpha value is -0.970. The van der Waals surface area contributed by atoms with E-state index in [9.17, 15) is 9.59 Å². The van der Waals surface area contributed by atoms with Crippen molar-refractivity contribution in [1.29, 1.82) is 0 Å². The summed E-state index contributed by atoms with van der Waals surface area (Å²) < 4.78 is 0. The van der Waals surface area contributed by atoms with Gasteiger partial charge in [-0.2, -0.15) is 0 Å². The molecule has 0 saturated carbocycles. The van der Waals surface area contributed by atoms with Gasteiger partial charge in [0, 0.05) is 6.42 Å². The second-order valence-corrected chi connectivity index (χ2v) is 5.46. The first-order valence-corrected chi connectivity index (χ1v) is 5.19. The average molecular weight is 228 g/mol. The number of hydrogen-bond donors (Lipinski definition) is 1. The number of thiocarbonyl (C=S) groups is 1. The molecule has 0 aromatic heterocycles. The van der Waals surface area contributed by atoms with Gasteiger partial charge in [-0.15, -0.1) is 0 Å². The summed E-state index contributed by atoms with van der Waals surface area (Å²) in [6, 6.07) is 0. The molecule has 0 radical (unpaired) electrons. The SMILES string of the molecule is CC1(C)CC(=O)N(C(C)(C)C(N)=S)C1=O. The number of carbonyl (C=O) groups excluding carboxylic acids is 2. The Bertz CT molecular complexity index is 347.